The van der Waals surface area contributed by atoms with Gasteiger partial charge in [0.15, 0.2) is 6.29 Å². The first-order chi connectivity index (χ1) is 9.11. The van der Waals surface area contributed by atoms with Crippen molar-refractivity contribution >= 4 is 6.29 Å². The summed E-state index contributed by atoms with van der Waals surface area (Å²) in [6.07, 6.45) is 0.844. The number of benzene rings is 2. The van der Waals surface area contributed by atoms with E-state index >= 15 is 0 Å². The molecule has 0 aliphatic heterocycles. The van der Waals surface area contributed by atoms with Crippen LogP contribution in [0, 0.1) is 20.8 Å². The molecule has 0 spiro atoms. The van der Waals surface area contributed by atoms with E-state index in [9.17, 15) is 4.79 Å². The van der Waals surface area contributed by atoms with E-state index in [0.29, 0.717) is 17.9 Å². The average molecular weight is 254 g/mol. The molecule has 0 aliphatic carbocycles. The van der Waals surface area contributed by atoms with E-state index in [4.69, 9.17) is 4.74 Å². The normalized spacial score (nSPS) is 10.3. The van der Waals surface area contributed by atoms with Gasteiger partial charge < -0.3 is 4.74 Å². The maximum absolute atomic E-state index is 11.1. The van der Waals surface area contributed by atoms with E-state index in [-0.39, 0.29) is 0 Å². The second-order valence-corrected chi connectivity index (χ2v) is 4.82. The highest BCUT2D eigenvalue weighted by molar-refractivity contribution is 5.80. The van der Waals surface area contributed by atoms with Gasteiger partial charge in [-0.3, -0.25) is 4.79 Å². The van der Waals surface area contributed by atoms with E-state index in [1.165, 1.54) is 5.56 Å². The summed E-state index contributed by atoms with van der Waals surface area (Å²) in [7, 11) is 0. The fraction of sp³-hybridized carbons (Fsp3) is 0.235. The first-order valence-corrected chi connectivity index (χ1v) is 6.35. The Balaban J connectivity index is 2.21. The highest BCUT2D eigenvalue weighted by atomic mass is 16.5. The molecule has 2 aromatic carbocycles. The van der Waals surface area contributed by atoms with Crippen molar-refractivity contribution < 1.29 is 9.53 Å². The standard InChI is InChI=1S/C17H18O2/c1-12-4-7-15(8-5-12)11-19-17-14(3)13(2)6-9-16(17)10-18/h4-10H,11H2,1-3H3. The fourth-order valence-corrected chi connectivity index (χ4v) is 1.94. The lowest BCUT2D eigenvalue weighted by Gasteiger charge is -2.13. The summed E-state index contributed by atoms with van der Waals surface area (Å²) < 4.78 is 5.83. The topological polar surface area (TPSA) is 26.3 Å². The maximum atomic E-state index is 11.1. The number of hydrogen-bond acceptors (Lipinski definition) is 2. The second kappa shape index (κ2) is 5.70. The van der Waals surface area contributed by atoms with E-state index < -0.39 is 0 Å². The molecule has 0 saturated heterocycles. The molecule has 0 amide bonds. The van der Waals surface area contributed by atoms with Gasteiger partial charge in [-0.05, 0) is 43.5 Å². The van der Waals surface area contributed by atoms with Crippen molar-refractivity contribution in [2.45, 2.75) is 27.4 Å². The van der Waals surface area contributed by atoms with Crippen LogP contribution in [-0.4, -0.2) is 6.29 Å². The largest absolute Gasteiger partial charge is 0.488 e. The summed E-state index contributed by atoms with van der Waals surface area (Å²) in [6, 6.07) is 11.9. The molecule has 19 heavy (non-hydrogen) atoms. The number of rotatable bonds is 4. The monoisotopic (exact) mass is 254 g/mol. The number of carbonyl (C=O) groups is 1. The lowest BCUT2D eigenvalue weighted by Crippen LogP contribution is -2.01. The van der Waals surface area contributed by atoms with Crippen molar-refractivity contribution in [1.82, 2.24) is 0 Å². The van der Waals surface area contributed by atoms with E-state index in [1.54, 1.807) is 6.07 Å². The molecular weight excluding hydrogens is 236 g/mol. The van der Waals surface area contributed by atoms with Crippen LogP contribution in [0.3, 0.4) is 0 Å². The van der Waals surface area contributed by atoms with Crippen LogP contribution in [0.5, 0.6) is 5.75 Å². The van der Waals surface area contributed by atoms with Crippen molar-refractivity contribution in [3.05, 3.63) is 64.2 Å². The Labute approximate surface area is 114 Å². The molecule has 2 heteroatoms. The smallest absolute Gasteiger partial charge is 0.153 e. The van der Waals surface area contributed by atoms with Crippen molar-refractivity contribution in [3.63, 3.8) is 0 Å². The van der Waals surface area contributed by atoms with Crippen LogP contribution in [0.1, 0.15) is 32.6 Å². The molecule has 0 aromatic heterocycles. The van der Waals surface area contributed by atoms with Crippen LogP contribution in [0.2, 0.25) is 0 Å². The molecule has 0 bridgehead atoms. The Morgan fingerprint density at radius 2 is 1.68 bits per heavy atom. The summed E-state index contributed by atoms with van der Waals surface area (Å²) in [5, 5.41) is 0. The van der Waals surface area contributed by atoms with Crippen molar-refractivity contribution in [2.24, 2.45) is 0 Å². The molecule has 0 heterocycles. The highest BCUT2D eigenvalue weighted by Crippen LogP contribution is 2.26. The third-order valence-electron chi connectivity index (χ3n) is 3.34. The Bertz CT molecular complexity index is 583. The maximum Gasteiger partial charge on any atom is 0.153 e. The zero-order valence-electron chi connectivity index (χ0n) is 11.6. The van der Waals surface area contributed by atoms with Gasteiger partial charge in [0.2, 0.25) is 0 Å². The summed E-state index contributed by atoms with van der Waals surface area (Å²) in [5.41, 5.74) is 5.09. The molecule has 2 rings (SSSR count). The molecule has 98 valence electrons. The molecule has 0 fully saturated rings. The van der Waals surface area contributed by atoms with Crippen LogP contribution in [-0.2, 0) is 6.61 Å². The molecule has 0 aliphatic rings. The molecule has 0 atom stereocenters. The molecule has 0 unspecified atom stereocenters. The second-order valence-electron chi connectivity index (χ2n) is 4.82. The minimum absolute atomic E-state index is 0.478. The number of aldehydes is 1. The van der Waals surface area contributed by atoms with Gasteiger partial charge in [-0.15, -0.1) is 0 Å². The quantitative estimate of drug-likeness (QED) is 0.771. The van der Waals surface area contributed by atoms with Gasteiger partial charge in [-0.2, -0.15) is 0 Å². The molecule has 2 aromatic rings. The molecular formula is C17H18O2. The number of hydrogen-bond donors (Lipinski definition) is 0. The Morgan fingerprint density at radius 3 is 2.32 bits per heavy atom. The van der Waals surface area contributed by atoms with E-state index in [0.717, 1.165) is 23.0 Å². The van der Waals surface area contributed by atoms with Gasteiger partial charge in [0.05, 0.1) is 5.56 Å². The molecule has 0 radical (unpaired) electrons. The van der Waals surface area contributed by atoms with Crippen LogP contribution in [0.4, 0.5) is 0 Å². The third kappa shape index (κ3) is 3.02. The first-order valence-electron chi connectivity index (χ1n) is 6.35. The summed E-state index contributed by atoms with van der Waals surface area (Å²) in [5.74, 6) is 0.690. The average Bonchev–Trinajstić information content (AvgIpc) is 2.42. The number of carbonyl (C=O) groups excluding carboxylic acids is 1. The first kappa shape index (κ1) is 13.3. The van der Waals surface area contributed by atoms with Crippen LogP contribution < -0.4 is 4.74 Å². The van der Waals surface area contributed by atoms with Crippen LogP contribution in [0.15, 0.2) is 36.4 Å². The summed E-state index contributed by atoms with van der Waals surface area (Å²) in [6.45, 7) is 6.53. The van der Waals surface area contributed by atoms with Gasteiger partial charge in [0.25, 0.3) is 0 Å². The number of ether oxygens (including phenoxy) is 1. The minimum Gasteiger partial charge on any atom is -0.488 e. The molecule has 0 N–H and O–H groups in total. The van der Waals surface area contributed by atoms with Gasteiger partial charge in [-0.25, -0.2) is 0 Å². The fourth-order valence-electron chi connectivity index (χ4n) is 1.94. The van der Waals surface area contributed by atoms with Gasteiger partial charge in [0, 0.05) is 0 Å². The van der Waals surface area contributed by atoms with E-state index in [2.05, 4.69) is 19.1 Å². The predicted octanol–water partition coefficient (Wildman–Crippen LogP) is 4.00. The predicted molar refractivity (Wildman–Crippen MR) is 76.8 cm³/mol. The van der Waals surface area contributed by atoms with Crippen molar-refractivity contribution in [3.8, 4) is 5.75 Å². The van der Waals surface area contributed by atoms with Crippen molar-refractivity contribution in [1.29, 1.82) is 0 Å². The van der Waals surface area contributed by atoms with Crippen LogP contribution >= 0.6 is 0 Å². The minimum atomic E-state index is 0.478. The lowest BCUT2D eigenvalue weighted by atomic mass is 10.1. The van der Waals surface area contributed by atoms with Gasteiger partial charge in [-0.1, -0.05) is 35.9 Å². The van der Waals surface area contributed by atoms with E-state index in [1.807, 2.05) is 32.0 Å². The Morgan fingerprint density at radius 1 is 1.00 bits per heavy atom. The number of aryl methyl sites for hydroxylation is 2. The molecule has 0 saturated carbocycles. The third-order valence-corrected chi connectivity index (χ3v) is 3.34. The Hall–Kier alpha value is -2.09. The lowest BCUT2D eigenvalue weighted by molar-refractivity contribution is 0.111. The zero-order valence-corrected chi connectivity index (χ0v) is 11.6. The zero-order chi connectivity index (χ0) is 13.8. The van der Waals surface area contributed by atoms with Crippen LogP contribution in [0.25, 0.3) is 0 Å². The Kier molecular flexibility index (Phi) is 4.00. The van der Waals surface area contributed by atoms with Gasteiger partial charge in [0.1, 0.15) is 12.4 Å². The molecule has 2 nitrogen and oxygen atoms in total. The van der Waals surface area contributed by atoms with Gasteiger partial charge >= 0.3 is 0 Å². The SMILES string of the molecule is Cc1ccc(COc2c(C=O)ccc(C)c2C)cc1. The highest BCUT2D eigenvalue weighted by Gasteiger charge is 2.09. The van der Waals surface area contributed by atoms with Crippen molar-refractivity contribution in [2.75, 3.05) is 0 Å². The summed E-state index contributed by atoms with van der Waals surface area (Å²) in [4.78, 5) is 11.1. The summed E-state index contributed by atoms with van der Waals surface area (Å²) >= 11 is 0.